The van der Waals surface area contributed by atoms with E-state index in [2.05, 4.69) is 15.4 Å². The van der Waals surface area contributed by atoms with Gasteiger partial charge in [0.1, 0.15) is 0 Å². The van der Waals surface area contributed by atoms with Crippen LogP contribution in [0.4, 0.5) is 5.13 Å². The largest absolute Gasteiger partial charge is 0.469 e. The predicted octanol–water partition coefficient (Wildman–Crippen LogP) is 3.86. The first kappa shape index (κ1) is 16.4. The Morgan fingerprint density at radius 3 is 2.88 bits per heavy atom. The molecule has 0 bridgehead atoms. The Hall–Kier alpha value is -2.12. The molecule has 1 saturated carbocycles. The fraction of sp³-hybridized carbons (Fsp3) is 0.353. The Balaban J connectivity index is 1.47. The maximum Gasteiger partial charge on any atom is 0.308 e. The summed E-state index contributed by atoms with van der Waals surface area (Å²) >= 11 is 7.43. The van der Waals surface area contributed by atoms with Gasteiger partial charge < -0.3 is 10.1 Å². The standard InChI is InChI=1S/C17H17ClN4O2S/c1-24-15(23)11-4-7-13(8-11)19-16-21-22-9-14(20-17(22)25-16)10-2-5-12(18)6-3-10/h2-3,5-6,9,11,13H,4,7-8H2,1H3,(H,19,21)/t11-,13+/m0/s1. The average Bonchev–Trinajstić information content (AvgIpc) is 3.30. The molecule has 4 rings (SSSR count). The van der Waals surface area contributed by atoms with Crippen LogP contribution >= 0.6 is 22.9 Å². The molecule has 1 fully saturated rings. The molecule has 0 radical (unpaired) electrons. The number of ether oxygens (including phenoxy) is 1. The van der Waals surface area contributed by atoms with Crippen LogP contribution in [0, 0.1) is 5.92 Å². The van der Waals surface area contributed by atoms with Gasteiger partial charge in [0.2, 0.25) is 10.1 Å². The summed E-state index contributed by atoms with van der Waals surface area (Å²) in [6, 6.07) is 7.83. The first-order chi connectivity index (χ1) is 12.1. The van der Waals surface area contributed by atoms with E-state index in [1.807, 2.05) is 30.5 Å². The molecule has 1 aliphatic carbocycles. The van der Waals surface area contributed by atoms with Crippen molar-refractivity contribution in [1.82, 2.24) is 14.6 Å². The van der Waals surface area contributed by atoms with Crippen LogP contribution in [0.15, 0.2) is 30.5 Å². The van der Waals surface area contributed by atoms with Crippen molar-refractivity contribution in [2.45, 2.75) is 25.3 Å². The van der Waals surface area contributed by atoms with Gasteiger partial charge in [-0.25, -0.2) is 9.50 Å². The van der Waals surface area contributed by atoms with Crippen LogP contribution in [-0.2, 0) is 9.53 Å². The van der Waals surface area contributed by atoms with Gasteiger partial charge in [0, 0.05) is 16.6 Å². The molecule has 0 aliphatic heterocycles. The molecule has 1 aromatic carbocycles. The number of benzene rings is 1. The fourth-order valence-corrected chi connectivity index (χ4v) is 4.17. The average molecular weight is 377 g/mol. The number of halogens is 1. The third-order valence-electron chi connectivity index (χ3n) is 4.48. The van der Waals surface area contributed by atoms with Crippen molar-refractivity contribution in [2.24, 2.45) is 5.92 Å². The van der Waals surface area contributed by atoms with Gasteiger partial charge in [-0.3, -0.25) is 4.79 Å². The summed E-state index contributed by atoms with van der Waals surface area (Å²) in [4.78, 5) is 17.1. The Kier molecular flexibility index (Phi) is 4.35. The number of hydrogen-bond acceptors (Lipinski definition) is 6. The van der Waals surface area contributed by atoms with Crippen LogP contribution < -0.4 is 5.32 Å². The van der Waals surface area contributed by atoms with Gasteiger partial charge >= 0.3 is 5.97 Å². The quantitative estimate of drug-likeness (QED) is 0.700. The van der Waals surface area contributed by atoms with Gasteiger partial charge in [0.05, 0.1) is 24.9 Å². The molecular weight excluding hydrogens is 360 g/mol. The molecule has 2 atom stereocenters. The summed E-state index contributed by atoms with van der Waals surface area (Å²) in [5.74, 6) is -0.131. The van der Waals surface area contributed by atoms with Gasteiger partial charge in [-0.2, -0.15) is 0 Å². The van der Waals surface area contributed by atoms with Crippen molar-refractivity contribution < 1.29 is 9.53 Å². The van der Waals surface area contributed by atoms with Gasteiger partial charge in [-0.1, -0.05) is 35.1 Å². The van der Waals surface area contributed by atoms with Gasteiger partial charge in [0.25, 0.3) is 0 Å². The summed E-state index contributed by atoms with van der Waals surface area (Å²) in [7, 11) is 1.44. The van der Waals surface area contributed by atoms with Gasteiger partial charge in [-0.15, -0.1) is 5.10 Å². The minimum absolute atomic E-state index is 0.0111. The van der Waals surface area contributed by atoms with Crippen LogP contribution in [0.3, 0.4) is 0 Å². The third kappa shape index (κ3) is 3.34. The lowest BCUT2D eigenvalue weighted by Gasteiger charge is -2.10. The zero-order chi connectivity index (χ0) is 17.4. The van der Waals surface area contributed by atoms with Crippen LogP contribution in [0.2, 0.25) is 5.02 Å². The lowest BCUT2D eigenvalue weighted by atomic mass is 10.1. The summed E-state index contributed by atoms with van der Waals surface area (Å²) in [5.41, 5.74) is 1.88. The van der Waals surface area contributed by atoms with Crippen molar-refractivity contribution in [3.63, 3.8) is 0 Å². The van der Waals surface area contributed by atoms with E-state index >= 15 is 0 Å². The molecule has 2 aromatic heterocycles. The highest BCUT2D eigenvalue weighted by Crippen LogP contribution is 2.31. The zero-order valence-corrected chi connectivity index (χ0v) is 15.2. The van der Waals surface area contributed by atoms with E-state index in [1.54, 1.807) is 4.52 Å². The fourth-order valence-electron chi connectivity index (χ4n) is 3.19. The van der Waals surface area contributed by atoms with E-state index in [0.29, 0.717) is 5.02 Å². The summed E-state index contributed by atoms with van der Waals surface area (Å²) in [5, 5.41) is 9.49. The maximum atomic E-state index is 11.6. The highest BCUT2D eigenvalue weighted by Gasteiger charge is 2.31. The topological polar surface area (TPSA) is 68.5 Å². The van der Waals surface area contributed by atoms with E-state index < -0.39 is 0 Å². The molecule has 1 aliphatic rings. The highest BCUT2D eigenvalue weighted by molar-refractivity contribution is 7.20. The molecule has 2 heterocycles. The van der Waals surface area contributed by atoms with Crippen molar-refractivity contribution in [3.8, 4) is 11.3 Å². The number of nitrogens with zero attached hydrogens (tertiary/aromatic N) is 3. The van der Waals surface area contributed by atoms with Crippen LogP contribution in [0.1, 0.15) is 19.3 Å². The first-order valence-corrected chi connectivity index (χ1v) is 9.28. The lowest BCUT2D eigenvalue weighted by Crippen LogP contribution is -2.18. The number of esters is 1. The number of carbonyl (C=O) groups excluding carboxylic acids is 1. The summed E-state index contributed by atoms with van der Waals surface area (Å²) in [6.07, 6.45) is 4.49. The first-order valence-electron chi connectivity index (χ1n) is 8.09. The summed E-state index contributed by atoms with van der Waals surface area (Å²) < 4.78 is 6.61. The molecule has 25 heavy (non-hydrogen) atoms. The molecule has 8 heteroatoms. The lowest BCUT2D eigenvalue weighted by molar-refractivity contribution is -0.145. The van der Waals surface area contributed by atoms with Crippen LogP contribution in [0.25, 0.3) is 16.2 Å². The molecule has 130 valence electrons. The van der Waals surface area contributed by atoms with Crippen molar-refractivity contribution in [3.05, 3.63) is 35.5 Å². The van der Waals surface area contributed by atoms with Gasteiger partial charge in [-0.05, 0) is 31.4 Å². The highest BCUT2D eigenvalue weighted by atomic mass is 35.5. The second-order valence-electron chi connectivity index (χ2n) is 6.14. The molecule has 6 nitrogen and oxygen atoms in total. The number of rotatable bonds is 4. The minimum atomic E-state index is -0.120. The Morgan fingerprint density at radius 2 is 2.16 bits per heavy atom. The molecule has 3 aromatic rings. The van der Waals surface area contributed by atoms with Crippen molar-refractivity contribution in [2.75, 3.05) is 12.4 Å². The van der Waals surface area contributed by atoms with E-state index in [1.165, 1.54) is 18.4 Å². The minimum Gasteiger partial charge on any atom is -0.469 e. The number of hydrogen-bond donors (Lipinski definition) is 1. The molecule has 0 saturated heterocycles. The zero-order valence-electron chi connectivity index (χ0n) is 13.6. The normalized spacial score (nSPS) is 20.1. The Bertz CT molecular complexity index is 874. The SMILES string of the molecule is COC(=O)[C@H]1CC[C@@H](Nc2nn3cc(-c4ccc(Cl)cc4)nc3s2)C1. The molecule has 0 unspecified atom stereocenters. The number of carbonyl (C=O) groups is 1. The number of nitrogens with one attached hydrogen (secondary N) is 1. The number of fused-ring (bicyclic) bond motifs is 1. The maximum absolute atomic E-state index is 11.6. The van der Waals surface area contributed by atoms with Crippen molar-refractivity contribution >= 4 is 39.0 Å². The van der Waals surface area contributed by atoms with Gasteiger partial charge in [0.15, 0.2) is 0 Å². The number of methoxy groups -OCH3 is 1. The second-order valence-corrected chi connectivity index (χ2v) is 7.53. The summed E-state index contributed by atoms with van der Waals surface area (Å²) in [6.45, 7) is 0. The van der Waals surface area contributed by atoms with E-state index in [0.717, 1.165) is 40.6 Å². The monoisotopic (exact) mass is 376 g/mol. The van der Waals surface area contributed by atoms with E-state index in [-0.39, 0.29) is 17.9 Å². The Morgan fingerprint density at radius 1 is 1.36 bits per heavy atom. The number of anilines is 1. The van der Waals surface area contributed by atoms with E-state index in [9.17, 15) is 4.79 Å². The number of imidazole rings is 1. The van der Waals surface area contributed by atoms with E-state index in [4.69, 9.17) is 16.3 Å². The molecule has 0 amide bonds. The predicted molar refractivity (Wildman–Crippen MR) is 98.1 cm³/mol. The molecule has 0 spiro atoms. The second kappa shape index (κ2) is 6.65. The molecule has 1 N–H and O–H groups in total. The van der Waals surface area contributed by atoms with Crippen LogP contribution in [-0.4, -0.2) is 33.7 Å². The van der Waals surface area contributed by atoms with Crippen LogP contribution in [0.5, 0.6) is 0 Å². The smallest absolute Gasteiger partial charge is 0.308 e. The third-order valence-corrected chi connectivity index (χ3v) is 5.58. The Labute approximate surface area is 153 Å². The number of aromatic nitrogens is 3. The van der Waals surface area contributed by atoms with Crippen molar-refractivity contribution in [1.29, 1.82) is 0 Å². The molecular formula is C17H17ClN4O2S.